The second-order valence-corrected chi connectivity index (χ2v) is 5.31. The summed E-state index contributed by atoms with van der Waals surface area (Å²) < 4.78 is 5.78. The van der Waals surface area contributed by atoms with E-state index in [0.29, 0.717) is 0 Å². The molecule has 106 valence electrons. The zero-order valence-corrected chi connectivity index (χ0v) is 11.8. The predicted octanol–water partition coefficient (Wildman–Crippen LogP) is 1.97. The van der Waals surface area contributed by atoms with Gasteiger partial charge in [0.2, 0.25) is 0 Å². The van der Waals surface area contributed by atoms with Gasteiger partial charge in [0, 0.05) is 26.2 Å². The predicted molar refractivity (Wildman–Crippen MR) is 81.6 cm³/mol. The lowest BCUT2D eigenvalue weighted by Gasteiger charge is -2.29. The molecule has 1 atom stereocenters. The van der Waals surface area contributed by atoms with Crippen LogP contribution in [0.5, 0.6) is 0 Å². The number of nitrogens with zero attached hydrogens (tertiary/aromatic N) is 1. The zero-order chi connectivity index (χ0) is 13.6. The summed E-state index contributed by atoms with van der Waals surface area (Å²) in [7, 11) is 0. The molecule has 1 N–H and O–H groups in total. The van der Waals surface area contributed by atoms with Gasteiger partial charge in [0.25, 0.3) is 0 Å². The van der Waals surface area contributed by atoms with E-state index in [2.05, 4.69) is 58.9 Å². The Labute approximate surface area is 120 Å². The molecule has 0 spiro atoms. The van der Waals surface area contributed by atoms with Crippen molar-refractivity contribution >= 4 is 0 Å². The Balaban J connectivity index is 1.48. The zero-order valence-electron chi connectivity index (χ0n) is 11.8. The highest BCUT2D eigenvalue weighted by molar-refractivity contribution is 5.27. The van der Waals surface area contributed by atoms with Crippen molar-refractivity contribution < 1.29 is 4.74 Å². The molecule has 1 aromatic rings. The largest absolute Gasteiger partial charge is 0.373 e. The van der Waals surface area contributed by atoms with Crippen molar-refractivity contribution in [2.45, 2.75) is 12.5 Å². The highest BCUT2D eigenvalue weighted by Gasteiger charge is 2.18. The first kappa shape index (κ1) is 13.4. The van der Waals surface area contributed by atoms with E-state index in [-0.39, 0.29) is 6.10 Å². The van der Waals surface area contributed by atoms with Crippen LogP contribution in [0.25, 0.3) is 0 Å². The summed E-state index contributed by atoms with van der Waals surface area (Å²) in [6.45, 7) is 4.76. The first-order valence-electron chi connectivity index (χ1n) is 7.40. The summed E-state index contributed by atoms with van der Waals surface area (Å²) in [5.74, 6) is 0. The highest BCUT2D eigenvalue weighted by Crippen LogP contribution is 2.15. The van der Waals surface area contributed by atoms with Crippen LogP contribution in [0.2, 0.25) is 0 Å². The standard InChI is InChI=1S/C17H22N2O/c1-2-4-15(5-3-1)6-10-19-11-7-16(8-12-19)17-14-18-9-13-20-17/h1-5,7-8,11,17-18H,6,9-10,12-14H2. The van der Waals surface area contributed by atoms with Gasteiger partial charge in [-0.25, -0.2) is 0 Å². The van der Waals surface area contributed by atoms with Crippen LogP contribution in [-0.2, 0) is 11.2 Å². The van der Waals surface area contributed by atoms with E-state index in [1.54, 1.807) is 0 Å². The monoisotopic (exact) mass is 270 g/mol. The molecule has 0 aromatic heterocycles. The molecule has 20 heavy (non-hydrogen) atoms. The Hall–Kier alpha value is -1.58. The molecule has 2 heterocycles. The number of hydrogen-bond donors (Lipinski definition) is 1. The Morgan fingerprint density at radius 2 is 2.15 bits per heavy atom. The lowest BCUT2D eigenvalue weighted by atomic mass is 10.1. The first-order chi connectivity index (χ1) is 9.92. The van der Waals surface area contributed by atoms with Crippen molar-refractivity contribution in [2.75, 3.05) is 32.8 Å². The Morgan fingerprint density at radius 3 is 2.85 bits per heavy atom. The van der Waals surface area contributed by atoms with E-state index in [1.165, 1.54) is 11.1 Å². The molecule has 1 saturated heterocycles. The number of hydrogen-bond acceptors (Lipinski definition) is 3. The minimum absolute atomic E-state index is 0.233. The summed E-state index contributed by atoms with van der Waals surface area (Å²) in [6.07, 6.45) is 8.03. The van der Waals surface area contributed by atoms with Gasteiger partial charge in [0.15, 0.2) is 0 Å². The van der Waals surface area contributed by atoms with Crippen molar-refractivity contribution in [1.29, 1.82) is 0 Å². The van der Waals surface area contributed by atoms with Crippen LogP contribution in [0.15, 0.2) is 54.3 Å². The Morgan fingerprint density at radius 1 is 1.25 bits per heavy atom. The van der Waals surface area contributed by atoms with E-state index in [4.69, 9.17) is 4.74 Å². The third-order valence-corrected chi connectivity index (χ3v) is 3.87. The van der Waals surface area contributed by atoms with E-state index in [0.717, 1.165) is 39.2 Å². The smallest absolute Gasteiger partial charge is 0.0947 e. The van der Waals surface area contributed by atoms with Gasteiger partial charge in [0.1, 0.15) is 0 Å². The van der Waals surface area contributed by atoms with Crippen LogP contribution in [-0.4, -0.2) is 43.8 Å². The van der Waals surface area contributed by atoms with Gasteiger partial charge in [-0.05, 0) is 29.8 Å². The first-order valence-corrected chi connectivity index (χ1v) is 7.40. The van der Waals surface area contributed by atoms with Gasteiger partial charge in [-0.15, -0.1) is 0 Å². The average molecular weight is 270 g/mol. The fourth-order valence-electron chi connectivity index (χ4n) is 2.64. The van der Waals surface area contributed by atoms with Gasteiger partial charge in [-0.2, -0.15) is 0 Å². The summed E-state index contributed by atoms with van der Waals surface area (Å²) in [5, 5.41) is 3.38. The molecule has 0 aliphatic carbocycles. The molecule has 0 amide bonds. The van der Waals surface area contributed by atoms with Crippen LogP contribution in [0.4, 0.5) is 0 Å². The van der Waals surface area contributed by atoms with E-state index in [9.17, 15) is 0 Å². The van der Waals surface area contributed by atoms with Crippen LogP contribution < -0.4 is 5.32 Å². The molecule has 1 aromatic carbocycles. The van der Waals surface area contributed by atoms with Gasteiger partial charge in [0.05, 0.1) is 12.7 Å². The third-order valence-electron chi connectivity index (χ3n) is 3.87. The molecular formula is C17H22N2O. The quantitative estimate of drug-likeness (QED) is 0.905. The minimum Gasteiger partial charge on any atom is -0.373 e. The molecule has 3 rings (SSSR count). The second kappa shape index (κ2) is 6.73. The third kappa shape index (κ3) is 3.50. The maximum absolute atomic E-state index is 5.78. The topological polar surface area (TPSA) is 24.5 Å². The van der Waals surface area contributed by atoms with Crippen molar-refractivity contribution in [3.05, 3.63) is 59.8 Å². The second-order valence-electron chi connectivity index (χ2n) is 5.31. The van der Waals surface area contributed by atoms with Crippen LogP contribution in [0.3, 0.4) is 0 Å². The normalized spacial score (nSPS) is 22.7. The molecule has 0 radical (unpaired) electrons. The van der Waals surface area contributed by atoms with E-state index >= 15 is 0 Å². The number of nitrogens with one attached hydrogen (secondary N) is 1. The Bertz CT molecular complexity index is 475. The minimum atomic E-state index is 0.233. The fourth-order valence-corrected chi connectivity index (χ4v) is 2.64. The number of rotatable bonds is 4. The molecule has 3 nitrogen and oxygen atoms in total. The maximum Gasteiger partial charge on any atom is 0.0947 e. The number of morpholine rings is 1. The lowest BCUT2D eigenvalue weighted by molar-refractivity contribution is 0.0532. The van der Waals surface area contributed by atoms with E-state index in [1.807, 2.05) is 0 Å². The van der Waals surface area contributed by atoms with Crippen molar-refractivity contribution in [1.82, 2.24) is 10.2 Å². The fraction of sp³-hybridized carbons (Fsp3) is 0.412. The van der Waals surface area contributed by atoms with Crippen LogP contribution in [0, 0.1) is 0 Å². The van der Waals surface area contributed by atoms with Crippen molar-refractivity contribution in [3.8, 4) is 0 Å². The average Bonchev–Trinajstić information content (AvgIpc) is 2.55. The molecule has 0 bridgehead atoms. The Kier molecular flexibility index (Phi) is 4.51. The van der Waals surface area contributed by atoms with Gasteiger partial charge >= 0.3 is 0 Å². The molecular weight excluding hydrogens is 248 g/mol. The van der Waals surface area contributed by atoms with E-state index < -0.39 is 0 Å². The summed E-state index contributed by atoms with van der Waals surface area (Å²) in [5.41, 5.74) is 2.71. The SMILES string of the molecule is C1=CN(CCc2ccccc2)CC=C1C1CNCCO1. The van der Waals surface area contributed by atoms with Crippen LogP contribution in [0.1, 0.15) is 5.56 Å². The summed E-state index contributed by atoms with van der Waals surface area (Å²) in [6, 6.07) is 10.7. The molecule has 2 aliphatic heterocycles. The number of ether oxygens (including phenoxy) is 1. The summed E-state index contributed by atoms with van der Waals surface area (Å²) >= 11 is 0. The van der Waals surface area contributed by atoms with Crippen LogP contribution >= 0.6 is 0 Å². The molecule has 0 saturated carbocycles. The highest BCUT2D eigenvalue weighted by atomic mass is 16.5. The lowest BCUT2D eigenvalue weighted by Crippen LogP contribution is -2.40. The van der Waals surface area contributed by atoms with Crippen molar-refractivity contribution in [3.63, 3.8) is 0 Å². The van der Waals surface area contributed by atoms with Gasteiger partial charge in [-0.1, -0.05) is 36.4 Å². The number of benzene rings is 1. The summed E-state index contributed by atoms with van der Waals surface area (Å²) in [4.78, 5) is 2.35. The maximum atomic E-state index is 5.78. The molecule has 1 fully saturated rings. The van der Waals surface area contributed by atoms with Gasteiger partial charge in [-0.3, -0.25) is 0 Å². The molecule has 3 heteroatoms. The van der Waals surface area contributed by atoms with Gasteiger partial charge < -0.3 is 15.0 Å². The van der Waals surface area contributed by atoms with Crippen molar-refractivity contribution in [2.24, 2.45) is 0 Å². The molecule has 2 aliphatic rings. The molecule has 1 unspecified atom stereocenters.